The molecule has 18 heavy (non-hydrogen) atoms. The van der Waals surface area contributed by atoms with E-state index in [1.165, 1.54) is 0 Å². The molecular formula is C13H19F3N2. The fraction of sp³-hybridized carbons (Fsp3) is 0.538. The number of benzene rings is 1. The summed E-state index contributed by atoms with van der Waals surface area (Å²) in [7, 11) is 2.00. The first kappa shape index (κ1) is 15.0. The van der Waals surface area contributed by atoms with Crippen molar-refractivity contribution in [1.82, 2.24) is 10.2 Å². The van der Waals surface area contributed by atoms with Gasteiger partial charge in [-0.05, 0) is 38.6 Å². The zero-order chi connectivity index (χ0) is 13.7. The van der Waals surface area contributed by atoms with Gasteiger partial charge in [0.25, 0.3) is 0 Å². The van der Waals surface area contributed by atoms with Gasteiger partial charge in [0.1, 0.15) is 0 Å². The average Bonchev–Trinajstić information content (AvgIpc) is 2.31. The van der Waals surface area contributed by atoms with Gasteiger partial charge in [-0.1, -0.05) is 0 Å². The topological polar surface area (TPSA) is 15.3 Å². The molecule has 0 bridgehead atoms. The van der Waals surface area contributed by atoms with Crippen LogP contribution >= 0.6 is 0 Å². The van der Waals surface area contributed by atoms with E-state index in [0.29, 0.717) is 24.7 Å². The Kier molecular flexibility index (Phi) is 5.62. The van der Waals surface area contributed by atoms with Crippen LogP contribution in [-0.4, -0.2) is 31.1 Å². The van der Waals surface area contributed by atoms with E-state index in [2.05, 4.69) is 24.1 Å². The van der Waals surface area contributed by atoms with Crippen molar-refractivity contribution in [3.05, 3.63) is 35.1 Å². The molecule has 1 aromatic carbocycles. The Bertz CT molecular complexity index is 371. The van der Waals surface area contributed by atoms with E-state index in [0.717, 1.165) is 18.7 Å². The van der Waals surface area contributed by atoms with E-state index in [4.69, 9.17) is 0 Å². The Hall–Kier alpha value is -1.07. The molecule has 0 saturated carbocycles. The molecule has 0 amide bonds. The lowest BCUT2D eigenvalue weighted by atomic mass is 10.2. The molecule has 2 nitrogen and oxygen atoms in total. The Morgan fingerprint density at radius 3 is 2.22 bits per heavy atom. The predicted octanol–water partition coefficient (Wildman–Crippen LogP) is 2.53. The Morgan fingerprint density at radius 2 is 1.72 bits per heavy atom. The van der Waals surface area contributed by atoms with Gasteiger partial charge in [0.2, 0.25) is 0 Å². The van der Waals surface area contributed by atoms with Crippen molar-refractivity contribution in [2.75, 3.05) is 20.1 Å². The molecule has 0 aliphatic rings. The summed E-state index contributed by atoms with van der Waals surface area (Å²) in [6.45, 7) is 6.04. The monoisotopic (exact) mass is 260 g/mol. The molecule has 0 aliphatic carbocycles. The number of rotatable bonds is 6. The first-order valence-corrected chi connectivity index (χ1v) is 5.96. The minimum absolute atomic E-state index is 0.319. The third-order valence-electron chi connectivity index (χ3n) is 2.90. The zero-order valence-electron chi connectivity index (χ0n) is 10.9. The van der Waals surface area contributed by atoms with Gasteiger partial charge in [0.05, 0.1) is 0 Å². The maximum Gasteiger partial charge on any atom is 0.194 e. The lowest BCUT2D eigenvalue weighted by Crippen LogP contribution is -2.33. The maximum atomic E-state index is 12.9. The van der Waals surface area contributed by atoms with Gasteiger partial charge >= 0.3 is 0 Å². The normalized spacial score (nSPS) is 11.6. The number of nitrogens with one attached hydrogen (secondary N) is 1. The Labute approximate surface area is 106 Å². The first-order valence-electron chi connectivity index (χ1n) is 5.96. The first-order chi connectivity index (χ1) is 8.41. The molecule has 0 aliphatic heterocycles. The summed E-state index contributed by atoms with van der Waals surface area (Å²) in [6.07, 6.45) is 0. The molecular weight excluding hydrogens is 241 g/mol. The van der Waals surface area contributed by atoms with E-state index in [1.54, 1.807) is 0 Å². The SMILES string of the molecule is CC(C)N(C)CCNCc1cc(F)c(F)c(F)c1. The van der Waals surface area contributed by atoms with E-state index >= 15 is 0 Å². The summed E-state index contributed by atoms with van der Waals surface area (Å²) < 4.78 is 38.6. The summed E-state index contributed by atoms with van der Waals surface area (Å²) in [5, 5.41) is 3.06. The molecule has 1 N–H and O–H groups in total. The predicted molar refractivity (Wildman–Crippen MR) is 65.8 cm³/mol. The second kappa shape index (κ2) is 6.75. The molecule has 0 radical (unpaired) electrons. The van der Waals surface area contributed by atoms with E-state index < -0.39 is 17.5 Å². The van der Waals surface area contributed by atoms with Crippen molar-refractivity contribution in [3.63, 3.8) is 0 Å². The molecule has 0 atom stereocenters. The van der Waals surface area contributed by atoms with E-state index in [1.807, 2.05) is 7.05 Å². The highest BCUT2D eigenvalue weighted by atomic mass is 19.2. The highest BCUT2D eigenvalue weighted by Gasteiger charge is 2.10. The maximum absolute atomic E-state index is 12.9. The summed E-state index contributed by atoms with van der Waals surface area (Å²) >= 11 is 0. The van der Waals surface area contributed by atoms with Crippen LogP contribution in [0.25, 0.3) is 0 Å². The summed E-state index contributed by atoms with van der Waals surface area (Å²) in [4.78, 5) is 2.15. The fourth-order valence-corrected chi connectivity index (χ4v) is 1.46. The highest BCUT2D eigenvalue weighted by molar-refractivity contribution is 5.19. The van der Waals surface area contributed by atoms with Crippen LogP contribution in [-0.2, 0) is 6.54 Å². The smallest absolute Gasteiger partial charge is 0.194 e. The quantitative estimate of drug-likeness (QED) is 0.624. The van der Waals surface area contributed by atoms with Crippen molar-refractivity contribution < 1.29 is 13.2 Å². The second-order valence-corrected chi connectivity index (χ2v) is 4.62. The van der Waals surface area contributed by atoms with Crippen LogP contribution in [0, 0.1) is 17.5 Å². The minimum Gasteiger partial charge on any atom is -0.311 e. The molecule has 1 rings (SSSR count). The van der Waals surface area contributed by atoms with Gasteiger partial charge in [-0.25, -0.2) is 13.2 Å². The number of hydrogen-bond acceptors (Lipinski definition) is 2. The Balaban J connectivity index is 2.40. The second-order valence-electron chi connectivity index (χ2n) is 4.62. The number of halogens is 3. The van der Waals surface area contributed by atoms with Gasteiger partial charge in [0, 0.05) is 25.7 Å². The van der Waals surface area contributed by atoms with Gasteiger partial charge < -0.3 is 10.2 Å². The molecule has 0 aromatic heterocycles. The van der Waals surface area contributed by atoms with Crippen molar-refractivity contribution in [1.29, 1.82) is 0 Å². The average molecular weight is 260 g/mol. The number of likely N-dealkylation sites (N-methyl/N-ethyl adjacent to an activating group) is 1. The van der Waals surface area contributed by atoms with Gasteiger partial charge in [0.15, 0.2) is 17.5 Å². The molecule has 102 valence electrons. The van der Waals surface area contributed by atoms with Crippen molar-refractivity contribution in [2.45, 2.75) is 26.4 Å². The van der Waals surface area contributed by atoms with Crippen LogP contribution in [0.3, 0.4) is 0 Å². The largest absolute Gasteiger partial charge is 0.311 e. The zero-order valence-corrected chi connectivity index (χ0v) is 10.9. The molecule has 0 spiro atoms. The van der Waals surface area contributed by atoms with Crippen LogP contribution in [0.2, 0.25) is 0 Å². The summed E-state index contributed by atoms with van der Waals surface area (Å²) in [6, 6.07) is 2.47. The summed E-state index contributed by atoms with van der Waals surface area (Å²) in [5.74, 6) is -3.71. The molecule has 0 unspecified atom stereocenters. The van der Waals surface area contributed by atoms with Crippen molar-refractivity contribution >= 4 is 0 Å². The van der Waals surface area contributed by atoms with Crippen LogP contribution in [0.15, 0.2) is 12.1 Å². The lowest BCUT2D eigenvalue weighted by Gasteiger charge is -2.20. The van der Waals surface area contributed by atoms with E-state index in [-0.39, 0.29) is 0 Å². The van der Waals surface area contributed by atoms with Crippen molar-refractivity contribution in [2.24, 2.45) is 0 Å². The standard InChI is InChI=1S/C13H19F3N2/c1-9(2)18(3)5-4-17-8-10-6-11(14)13(16)12(15)7-10/h6-7,9,17H,4-5,8H2,1-3H3. The number of nitrogens with zero attached hydrogens (tertiary/aromatic N) is 1. The number of hydrogen-bond donors (Lipinski definition) is 1. The van der Waals surface area contributed by atoms with Crippen LogP contribution in [0.1, 0.15) is 19.4 Å². The molecule has 5 heteroatoms. The van der Waals surface area contributed by atoms with E-state index in [9.17, 15) is 13.2 Å². The molecule has 0 saturated heterocycles. The van der Waals surface area contributed by atoms with Crippen molar-refractivity contribution in [3.8, 4) is 0 Å². The van der Waals surface area contributed by atoms with Crippen LogP contribution in [0.4, 0.5) is 13.2 Å². The van der Waals surface area contributed by atoms with Crippen LogP contribution in [0.5, 0.6) is 0 Å². The summed E-state index contributed by atoms with van der Waals surface area (Å²) in [5.41, 5.74) is 0.401. The Morgan fingerprint density at radius 1 is 1.17 bits per heavy atom. The van der Waals surface area contributed by atoms with Crippen LogP contribution < -0.4 is 5.32 Å². The fourth-order valence-electron chi connectivity index (χ4n) is 1.46. The highest BCUT2D eigenvalue weighted by Crippen LogP contribution is 2.13. The van der Waals surface area contributed by atoms with Gasteiger partial charge in [-0.15, -0.1) is 0 Å². The molecule has 0 heterocycles. The molecule has 0 fully saturated rings. The molecule has 1 aromatic rings. The lowest BCUT2D eigenvalue weighted by molar-refractivity contribution is 0.273. The minimum atomic E-state index is -1.42. The van der Waals surface area contributed by atoms with Gasteiger partial charge in [-0.2, -0.15) is 0 Å². The van der Waals surface area contributed by atoms with Gasteiger partial charge in [-0.3, -0.25) is 0 Å². The third-order valence-corrected chi connectivity index (χ3v) is 2.90. The third kappa shape index (κ3) is 4.31.